The number of sulfonamides is 1. The van der Waals surface area contributed by atoms with Gasteiger partial charge in [-0.1, -0.05) is 24.3 Å². The van der Waals surface area contributed by atoms with E-state index in [0.717, 1.165) is 5.56 Å². The lowest BCUT2D eigenvalue weighted by atomic mass is 10.1. The lowest BCUT2D eigenvalue weighted by Gasteiger charge is -2.10. The first-order chi connectivity index (χ1) is 13.7. The third-order valence-corrected chi connectivity index (χ3v) is 5.79. The van der Waals surface area contributed by atoms with Crippen LogP contribution in [0.2, 0.25) is 0 Å². The minimum atomic E-state index is -3.36. The van der Waals surface area contributed by atoms with E-state index in [1.807, 2.05) is 41.2 Å². The summed E-state index contributed by atoms with van der Waals surface area (Å²) in [4.78, 5) is 12.6. The zero-order valence-corrected chi connectivity index (χ0v) is 17.5. The van der Waals surface area contributed by atoms with E-state index in [1.165, 1.54) is 0 Å². The second-order valence-electron chi connectivity index (χ2n) is 7.13. The van der Waals surface area contributed by atoms with Gasteiger partial charge in [0, 0.05) is 32.0 Å². The highest BCUT2D eigenvalue weighted by Crippen LogP contribution is 2.14. The van der Waals surface area contributed by atoms with Crippen molar-refractivity contribution in [3.63, 3.8) is 0 Å². The van der Waals surface area contributed by atoms with Crippen molar-refractivity contribution in [1.82, 2.24) is 24.4 Å². The molecule has 0 aliphatic rings. The van der Waals surface area contributed by atoms with E-state index in [4.69, 9.17) is 0 Å². The van der Waals surface area contributed by atoms with Crippen LogP contribution in [0.15, 0.2) is 55.0 Å². The molecule has 3 rings (SSSR count). The fourth-order valence-corrected chi connectivity index (χ4v) is 4.46. The Morgan fingerprint density at radius 3 is 2.34 bits per heavy atom. The van der Waals surface area contributed by atoms with Gasteiger partial charge in [0.15, 0.2) is 0 Å². The molecule has 0 spiro atoms. The van der Waals surface area contributed by atoms with E-state index in [0.29, 0.717) is 23.5 Å². The monoisotopic (exact) mass is 415 g/mol. The summed E-state index contributed by atoms with van der Waals surface area (Å²) in [5.41, 5.74) is 2.05. The molecule has 0 aliphatic carbocycles. The third kappa shape index (κ3) is 5.33. The number of aromatic nitrogens is 3. The van der Waals surface area contributed by atoms with Gasteiger partial charge in [-0.2, -0.15) is 5.10 Å². The van der Waals surface area contributed by atoms with Gasteiger partial charge in [-0.05, 0) is 37.1 Å². The molecule has 1 amide bonds. The number of nitrogens with one attached hydrogen (secondary N) is 2. The van der Waals surface area contributed by atoms with Gasteiger partial charge >= 0.3 is 0 Å². The Labute approximate surface area is 170 Å². The second-order valence-corrected chi connectivity index (χ2v) is 8.88. The van der Waals surface area contributed by atoms with E-state index >= 15 is 0 Å². The highest BCUT2D eigenvalue weighted by atomic mass is 32.2. The zero-order chi connectivity index (χ0) is 21.0. The van der Waals surface area contributed by atoms with Crippen molar-refractivity contribution < 1.29 is 13.2 Å². The quantitative estimate of drug-likeness (QED) is 0.588. The van der Waals surface area contributed by atoms with Gasteiger partial charge in [-0.3, -0.25) is 9.48 Å². The van der Waals surface area contributed by atoms with Gasteiger partial charge in [-0.25, -0.2) is 13.1 Å². The van der Waals surface area contributed by atoms with Crippen LogP contribution in [0.4, 0.5) is 0 Å². The van der Waals surface area contributed by atoms with Crippen molar-refractivity contribution in [3.8, 4) is 5.82 Å². The number of benzene rings is 1. The normalized spacial score (nSPS) is 11.7. The molecule has 0 unspecified atom stereocenters. The molecule has 0 saturated heterocycles. The van der Waals surface area contributed by atoms with Crippen molar-refractivity contribution in [2.45, 2.75) is 32.2 Å². The van der Waals surface area contributed by atoms with E-state index in [-0.39, 0.29) is 17.7 Å². The molecule has 0 radical (unpaired) electrons. The highest BCUT2D eigenvalue weighted by molar-refractivity contribution is 7.88. The summed E-state index contributed by atoms with van der Waals surface area (Å²) in [7, 11) is -1.58. The van der Waals surface area contributed by atoms with Crippen LogP contribution in [-0.2, 0) is 29.4 Å². The Morgan fingerprint density at radius 2 is 1.72 bits per heavy atom. The standard InChI is InChI=1S/C20H25N5O3S/c1-15(2)23-29(27,28)14-17-8-6-16(7-9-17)12-21-19(26)18-13-22-24(3)20(18)25-10-4-5-11-25/h4-11,13,15,23H,12,14H2,1-3H3,(H,21,26). The highest BCUT2D eigenvalue weighted by Gasteiger charge is 2.17. The number of aryl methyl sites for hydroxylation is 1. The van der Waals surface area contributed by atoms with Gasteiger partial charge in [0.2, 0.25) is 10.0 Å². The fraction of sp³-hybridized carbons (Fsp3) is 0.300. The number of amides is 1. The maximum atomic E-state index is 12.6. The molecule has 0 fully saturated rings. The molecule has 2 heterocycles. The van der Waals surface area contributed by atoms with Gasteiger partial charge in [0.05, 0.1) is 11.9 Å². The van der Waals surface area contributed by atoms with E-state index in [9.17, 15) is 13.2 Å². The molecule has 3 aromatic rings. The summed E-state index contributed by atoms with van der Waals surface area (Å²) in [5.74, 6) is 0.383. The molecule has 154 valence electrons. The van der Waals surface area contributed by atoms with Crippen LogP contribution >= 0.6 is 0 Å². The maximum Gasteiger partial charge on any atom is 0.256 e. The van der Waals surface area contributed by atoms with Gasteiger partial charge in [0.25, 0.3) is 5.91 Å². The van der Waals surface area contributed by atoms with Crippen molar-refractivity contribution in [3.05, 3.63) is 71.7 Å². The summed E-state index contributed by atoms with van der Waals surface area (Å²) in [6.07, 6.45) is 5.25. The topological polar surface area (TPSA) is 98.0 Å². The van der Waals surface area contributed by atoms with Crippen LogP contribution in [-0.4, -0.2) is 34.7 Å². The summed E-state index contributed by atoms with van der Waals surface area (Å²) in [6, 6.07) is 10.8. The van der Waals surface area contributed by atoms with Gasteiger partial charge in [0.1, 0.15) is 11.4 Å². The lowest BCUT2D eigenvalue weighted by molar-refractivity contribution is 0.0951. The van der Waals surface area contributed by atoms with Crippen molar-refractivity contribution in [2.24, 2.45) is 7.05 Å². The van der Waals surface area contributed by atoms with Crippen LogP contribution in [0.3, 0.4) is 0 Å². The summed E-state index contributed by atoms with van der Waals surface area (Å²) < 4.78 is 30.1. The first-order valence-corrected chi connectivity index (χ1v) is 10.9. The predicted molar refractivity (Wildman–Crippen MR) is 111 cm³/mol. The molecule has 9 heteroatoms. The predicted octanol–water partition coefficient (Wildman–Crippen LogP) is 1.97. The van der Waals surface area contributed by atoms with Crippen molar-refractivity contribution in [2.75, 3.05) is 0 Å². The lowest BCUT2D eigenvalue weighted by Crippen LogP contribution is -2.31. The van der Waals surface area contributed by atoms with Crippen LogP contribution in [0, 0.1) is 0 Å². The molecule has 0 bridgehead atoms. The Bertz CT molecular complexity index is 1070. The molecule has 0 saturated carbocycles. The molecule has 8 nitrogen and oxygen atoms in total. The number of rotatable bonds is 8. The molecule has 0 aliphatic heterocycles. The molecule has 1 aromatic carbocycles. The van der Waals surface area contributed by atoms with E-state index in [1.54, 1.807) is 43.9 Å². The summed E-state index contributed by atoms with van der Waals surface area (Å²) >= 11 is 0. The maximum absolute atomic E-state index is 12.6. The Balaban J connectivity index is 1.63. The minimum Gasteiger partial charge on any atom is -0.348 e. The number of hydrogen-bond acceptors (Lipinski definition) is 4. The van der Waals surface area contributed by atoms with E-state index < -0.39 is 10.0 Å². The average Bonchev–Trinajstić information content (AvgIpc) is 3.28. The summed E-state index contributed by atoms with van der Waals surface area (Å²) in [5, 5.41) is 7.08. The first kappa shape index (κ1) is 20.8. The number of carbonyl (C=O) groups excluding carboxylic acids is 1. The van der Waals surface area contributed by atoms with E-state index in [2.05, 4.69) is 15.1 Å². The Hall–Kier alpha value is -2.91. The SMILES string of the molecule is CC(C)NS(=O)(=O)Cc1ccc(CNC(=O)c2cnn(C)c2-n2cccc2)cc1. The van der Waals surface area contributed by atoms with Gasteiger partial charge in [-0.15, -0.1) is 0 Å². The molecule has 29 heavy (non-hydrogen) atoms. The molecule has 2 N–H and O–H groups in total. The number of hydrogen-bond donors (Lipinski definition) is 2. The van der Waals surface area contributed by atoms with Crippen LogP contribution in [0.25, 0.3) is 5.82 Å². The van der Waals surface area contributed by atoms with Crippen LogP contribution < -0.4 is 10.0 Å². The average molecular weight is 416 g/mol. The number of carbonyl (C=O) groups is 1. The molecule has 2 aromatic heterocycles. The second kappa shape index (κ2) is 8.62. The summed E-state index contributed by atoms with van der Waals surface area (Å²) in [6.45, 7) is 3.90. The number of nitrogens with zero attached hydrogens (tertiary/aromatic N) is 3. The Kier molecular flexibility index (Phi) is 6.19. The van der Waals surface area contributed by atoms with Crippen molar-refractivity contribution >= 4 is 15.9 Å². The molecular weight excluding hydrogens is 390 g/mol. The minimum absolute atomic E-state index is 0.0757. The largest absolute Gasteiger partial charge is 0.348 e. The van der Waals surface area contributed by atoms with Crippen molar-refractivity contribution in [1.29, 1.82) is 0 Å². The zero-order valence-electron chi connectivity index (χ0n) is 16.7. The molecular formula is C20H25N5O3S. The smallest absolute Gasteiger partial charge is 0.256 e. The van der Waals surface area contributed by atoms with Crippen LogP contribution in [0.5, 0.6) is 0 Å². The molecule has 0 atom stereocenters. The first-order valence-electron chi connectivity index (χ1n) is 9.26. The van der Waals surface area contributed by atoms with Crippen LogP contribution in [0.1, 0.15) is 35.3 Å². The Morgan fingerprint density at radius 1 is 1.10 bits per heavy atom. The third-order valence-electron chi connectivity index (χ3n) is 4.25. The fourth-order valence-electron chi connectivity index (χ4n) is 3.02. The van der Waals surface area contributed by atoms with Gasteiger partial charge < -0.3 is 9.88 Å².